The Morgan fingerprint density at radius 3 is 2.66 bits per heavy atom. The number of thiazole rings is 1. The number of Topliss-reactive ketones (excluding diaryl/α,β-unsaturated/α-hetero) is 1. The van der Waals surface area contributed by atoms with Crippen LogP contribution >= 0.6 is 11.3 Å². The summed E-state index contributed by atoms with van der Waals surface area (Å²) in [4.78, 5) is 50.0. The lowest BCUT2D eigenvalue weighted by atomic mass is 9.84. The highest BCUT2D eigenvalue weighted by Gasteiger charge is 2.53. The molecule has 1 saturated heterocycles. The molecular weight excluding hydrogens is 475 g/mol. The Morgan fingerprint density at radius 1 is 1.23 bits per heavy atom. The Hall–Kier alpha value is -3.44. The van der Waals surface area contributed by atoms with Gasteiger partial charge in [-0.15, -0.1) is 11.3 Å². The molecule has 0 aliphatic carbocycles. The van der Waals surface area contributed by atoms with Crippen LogP contribution in [0.15, 0.2) is 42.2 Å². The molecular formula is C24H25FN4O5S. The van der Waals surface area contributed by atoms with Crippen LogP contribution in [0.1, 0.15) is 31.0 Å². The van der Waals surface area contributed by atoms with Crippen molar-refractivity contribution >= 4 is 29.0 Å². The molecule has 184 valence electrons. The third kappa shape index (κ3) is 5.63. The number of epoxide rings is 1. The molecule has 0 radical (unpaired) electrons. The van der Waals surface area contributed by atoms with Crippen molar-refractivity contribution in [3.8, 4) is 11.3 Å². The highest BCUT2D eigenvalue weighted by molar-refractivity contribution is 7.10. The Kier molecular flexibility index (Phi) is 7.37. The summed E-state index contributed by atoms with van der Waals surface area (Å²) in [6.07, 6.45) is 1.59. The third-order valence-electron chi connectivity index (χ3n) is 5.82. The summed E-state index contributed by atoms with van der Waals surface area (Å²) in [5.74, 6) is -1.74. The number of aromatic amines is 1. The number of nitrogens with zero attached hydrogens (tertiary/aromatic N) is 2. The Balaban J connectivity index is 1.52. The Morgan fingerprint density at radius 2 is 2.00 bits per heavy atom. The number of H-pyrrole nitrogens is 1. The summed E-state index contributed by atoms with van der Waals surface area (Å²) in [5, 5.41) is 5.21. The summed E-state index contributed by atoms with van der Waals surface area (Å²) in [6.45, 7) is 3.65. The van der Waals surface area contributed by atoms with E-state index in [1.165, 1.54) is 29.8 Å². The first-order valence-corrected chi connectivity index (χ1v) is 12.1. The molecule has 0 saturated carbocycles. The Bertz CT molecular complexity index is 1200. The zero-order valence-corrected chi connectivity index (χ0v) is 20.1. The lowest BCUT2D eigenvalue weighted by molar-refractivity contribution is -0.144. The van der Waals surface area contributed by atoms with Gasteiger partial charge in [0, 0.05) is 29.3 Å². The number of amides is 1. The molecule has 3 aromatic rings. The van der Waals surface area contributed by atoms with Gasteiger partial charge in [0.15, 0.2) is 18.0 Å². The number of imidazole rings is 1. The molecule has 1 aromatic carbocycles. The molecule has 11 heteroatoms. The van der Waals surface area contributed by atoms with E-state index in [9.17, 15) is 18.8 Å². The van der Waals surface area contributed by atoms with Gasteiger partial charge in [-0.05, 0) is 37.6 Å². The molecule has 35 heavy (non-hydrogen) atoms. The van der Waals surface area contributed by atoms with E-state index in [4.69, 9.17) is 9.47 Å². The van der Waals surface area contributed by atoms with Gasteiger partial charge in [0.2, 0.25) is 0 Å². The molecule has 1 aliphatic heterocycles. The number of benzene rings is 1. The molecule has 3 unspecified atom stereocenters. The number of rotatable bonds is 11. The van der Waals surface area contributed by atoms with Crippen molar-refractivity contribution in [3.63, 3.8) is 0 Å². The van der Waals surface area contributed by atoms with Gasteiger partial charge in [-0.2, -0.15) is 0 Å². The van der Waals surface area contributed by atoms with Crippen LogP contribution < -0.4 is 5.32 Å². The molecule has 4 rings (SSSR count). The smallest absolute Gasteiger partial charge is 0.338 e. The first kappa shape index (κ1) is 24.7. The van der Waals surface area contributed by atoms with Crippen molar-refractivity contribution in [1.82, 2.24) is 20.3 Å². The summed E-state index contributed by atoms with van der Waals surface area (Å²) in [6, 6.07) is 5.96. The normalized spacial score (nSPS) is 18.5. The topological polar surface area (TPSA) is 127 Å². The largest absolute Gasteiger partial charge is 0.464 e. The number of hydrogen-bond acceptors (Lipinski definition) is 8. The minimum absolute atomic E-state index is 0.0129. The lowest BCUT2D eigenvalue weighted by Crippen LogP contribution is -2.57. The minimum Gasteiger partial charge on any atom is -0.464 e. The predicted molar refractivity (Wildman–Crippen MR) is 125 cm³/mol. The zero-order chi connectivity index (χ0) is 25.0. The highest BCUT2D eigenvalue weighted by Crippen LogP contribution is 2.28. The molecule has 3 atom stereocenters. The van der Waals surface area contributed by atoms with Gasteiger partial charge < -0.3 is 19.8 Å². The van der Waals surface area contributed by atoms with E-state index in [-0.39, 0.29) is 31.0 Å². The van der Waals surface area contributed by atoms with Gasteiger partial charge in [-0.1, -0.05) is 6.92 Å². The fraction of sp³-hybridized carbons (Fsp3) is 0.375. The van der Waals surface area contributed by atoms with Gasteiger partial charge >= 0.3 is 5.97 Å². The van der Waals surface area contributed by atoms with Crippen molar-refractivity contribution in [2.45, 2.75) is 50.9 Å². The van der Waals surface area contributed by atoms with Crippen LogP contribution in [-0.2, 0) is 36.7 Å². The van der Waals surface area contributed by atoms with Gasteiger partial charge in [0.1, 0.15) is 16.4 Å². The summed E-state index contributed by atoms with van der Waals surface area (Å²) >= 11 is 1.31. The van der Waals surface area contributed by atoms with Gasteiger partial charge in [-0.25, -0.2) is 19.2 Å². The van der Waals surface area contributed by atoms with E-state index in [1.807, 2.05) is 0 Å². The average molecular weight is 501 g/mol. The number of esters is 1. The number of aromatic nitrogens is 3. The van der Waals surface area contributed by atoms with E-state index in [0.717, 1.165) is 5.56 Å². The van der Waals surface area contributed by atoms with Crippen LogP contribution in [0, 0.1) is 5.82 Å². The van der Waals surface area contributed by atoms with E-state index < -0.39 is 29.6 Å². The number of ketones is 1. The highest BCUT2D eigenvalue weighted by atomic mass is 32.1. The van der Waals surface area contributed by atoms with Crippen LogP contribution in [0.25, 0.3) is 11.3 Å². The molecule has 2 aromatic heterocycles. The molecule has 1 fully saturated rings. The van der Waals surface area contributed by atoms with Crippen molar-refractivity contribution in [3.05, 3.63) is 58.7 Å². The molecule has 1 aliphatic rings. The van der Waals surface area contributed by atoms with Crippen molar-refractivity contribution in [2.24, 2.45) is 0 Å². The average Bonchev–Trinajstić information content (AvgIpc) is 3.24. The predicted octanol–water partition coefficient (Wildman–Crippen LogP) is 2.62. The number of nitrogens with one attached hydrogen (secondary N) is 2. The fourth-order valence-corrected chi connectivity index (χ4v) is 4.61. The maximum Gasteiger partial charge on any atom is 0.338 e. The van der Waals surface area contributed by atoms with Gasteiger partial charge in [0.05, 0.1) is 25.0 Å². The number of carbonyl (C=O) groups is 3. The molecule has 2 N–H and O–H groups in total. The number of hydrogen-bond donors (Lipinski definition) is 2. The lowest BCUT2D eigenvalue weighted by Gasteiger charge is -2.32. The van der Waals surface area contributed by atoms with Crippen LogP contribution in [-0.4, -0.2) is 57.0 Å². The van der Waals surface area contributed by atoms with Crippen molar-refractivity contribution < 1.29 is 28.2 Å². The van der Waals surface area contributed by atoms with Crippen LogP contribution in [0.2, 0.25) is 0 Å². The fourth-order valence-electron chi connectivity index (χ4n) is 3.80. The Labute approximate surface area is 205 Å². The van der Waals surface area contributed by atoms with Crippen LogP contribution in [0.3, 0.4) is 0 Å². The second-order valence-corrected chi connectivity index (χ2v) is 9.08. The van der Waals surface area contributed by atoms with Crippen LogP contribution in [0.4, 0.5) is 4.39 Å². The van der Waals surface area contributed by atoms with E-state index in [2.05, 4.69) is 20.3 Å². The second-order valence-electron chi connectivity index (χ2n) is 8.14. The quantitative estimate of drug-likeness (QED) is 0.306. The SMILES string of the molecule is CCOC(=O)C1OC1C(=O)NC(CC)(Cc1cnc[nH]1)C(=O)Cc1nc(-c2ccc(F)cc2)cs1. The molecule has 9 nitrogen and oxygen atoms in total. The molecule has 3 heterocycles. The van der Waals surface area contributed by atoms with Crippen molar-refractivity contribution in [2.75, 3.05) is 6.61 Å². The van der Waals surface area contributed by atoms with Gasteiger partial charge in [0.25, 0.3) is 5.91 Å². The molecule has 0 bridgehead atoms. The van der Waals surface area contributed by atoms with E-state index >= 15 is 0 Å². The summed E-state index contributed by atoms with van der Waals surface area (Å²) in [7, 11) is 0. The number of carbonyl (C=O) groups excluding carboxylic acids is 3. The molecule has 1 amide bonds. The third-order valence-corrected chi connectivity index (χ3v) is 6.67. The monoisotopic (exact) mass is 500 g/mol. The van der Waals surface area contributed by atoms with Crippen molar-refractivity contribution in [1.29, 1.82) is 0 Å². The zero-order valence-electron chi connectivity index (χ0n) is 19.2. The molecule has 0 spiro atoms. The maximum atomic E-state index is 13.6. The minimum atomic E-state index is -1.27. The standard InChI is InChI=1S/C24H25FN4O5S/c1-3-24(10-16-11-26-13-27-16,29-22(31)20-21(34-20)23(32)33-4-2)18(30)9-19-28-17(12-35-19)14-5-7-15(25)8-6-14/h5-8,11-13,20-21H,3-4,9-10H2,1-2H3,(H,26,27)(H,29,31). The van der Waals surface area contributed by atoms with E-state index in [1.54, 1.807) is 37.6 Å². The second kappa shape index (κ2) is 10.4. The van der Waals surface area contributed by atoms with Crippen LogP contribution in [0.5, 0.6) is 0 Å². The number of halogens is 1. The first-order chi connectivity index (χ1) is 16.8. The first-order valence-electron chi connectivity index (χ1n) is 11.2. The van der Waals surface area contributed by atoms with Gasteiger partial charge in [-0.3, -0.25) is 9.59 Å². The summed E-state index contributed by atoms with van der Waals surface area (Å²) in [5.41, 5.74) is 0.785. The maximum absolute atomic E-state index is 13.6. The number of ether oxygens (including phenoxy) is 2. The summed E-state index contributed by atoms with van der Waals surface area (Å²) < 4.78 is 23.4. The van der Waals surface area contributed by atoms with E-state index in [0.29, 0.717) is 22.8 Å².